The molecule has 1 heterocycles. The highest BCUT2D eigenvalue weighted by Gasteiger charge is 2.12. The maximum atomic E-state index is 12.3. The Morgan fingerprint density at radius 3 is 2.73 bits per heavy atom. The predicted octanol–water partition coefficient (Wildman–Crippen LogP) is 5.31. The van der Waals surface area contributed by atoms with Crippen molar-refractivity contribution in [1.29, 1.82) is 0 Å². The molecule has 0 fully saturated rings. The zero-order valence-electron chi connectivity index (χ0n) is 16.9. The lowest BCUT2D eigenvalue weighted by Gasteiger charge is -2.11. The van der Waals surface area contributed by atoms with Gasteiger partial charge in [0.05, 0.1) is 17.1 Å². The molecule has 0 aliphatic rings. The molecule has 0 radical (unpaired) electrons. The molecule has 2 amide bonds. The summed E-state index contributed by atoms with van der Waals surface area (Å²) in [5, 5.41) is 9.14. The van der Waals surface area contributed by atoms with Crippen molar-refractivity contribution < 1.29 is 9.59 Å². The summed E-state index contributed by atoms with van der Waals surface area (Å²) in [4.78, 5) is 28.9. The van der Waals surface area contributed by atoms with Crippen molar-refractivity contribution in [3.8, 4) is 10.6 Å². The minimum atomic E-state index is -0.111. The first kappa shape index (κ1) is 22.0. The highest BCUT2D eigenvalue weighted by molar-refractivity contribution is 7.13. The van der Waals surface area contributed by atoms with E-state index in [0.29, 0.717) is 17.3 Å². The number of hydrogen-bond donors (Lipinski definition) is 2. The molecule has 3 rings (SSSR count). The normalized spacial score (nSPS) is 11.7. The van der Waals surface area contributed by atoms with Gasteiger partial charge in [-0.1, -0.05) is 55.8 Å². The predicted molar refractivity (Wildman–Crippen MR) is 123 cm³/mol. The topological polar surface area (TPSA) is 71.1 Å². The monoisotopic (exact) mass is 441 g/mol. The fourth-order valence-corrected chi connectivity index (χ4v) is 3.92. The summed E-state index contributed by atoms with van der Waals surface area (Å²) < 4.78 is 0. The second-order valence-electron chi connectivity index (χ2n) is 7.08. The van der Waals surface area contributed by atoms with E-state index in [2.05, 4.69) is 15.6 Å². The number of hydrogen-bond acceptors (Lipinski definition) is 4. The zero-order chi connectivity index (χ0) is 21.5. The van der Waals surface area contributed by atoms with Crippen LogP contribution in [0.3, 0.4) is 0 Å². The Kier molecular flexibility index (Phi) is 7.60. The summed E-state index contributed by atoms with van der Waals surface area (Å²) in [5.74, 6) is -0.154. The molecule has 30 heavy (non-hydrogen) atoms. The highest BCUT2D eigenvalue weighted by Crippen LogP contribution is 2.30. The third kappa shape index (κ3) is 5.90. The van der Waals surface area contributed by atoms with Crippen molar-refractivity contribution in [2.75, 3.05) is 5.32 Å². The zero-order valence-corrected chi connectivity index (χ0v) is 18.5. The Balaban J connectivity index is 1.55. The molecule has 0 saturated heterocycles. The Bertz CT molecular complexity index is 1030. The molecule has 3 aromatic rings. The summed E-state index contributed by atoms with van der Waals surface area (Å²) in [5.41, 5.74) is 3.23. The van der Waals surface area contributed by atoms with Gasteiger partial charge in [-0.3, -0.25) is 9.59 Å². The first-order chi connectivity index (χ1) is 14.5. The molecule has 1 atom stereocenters. The van der Waals surface area contributed by atoms with E-state index in [1.165, 1.54) is 11.3 Å². The number of carbonyl (C=O) groups is 2. The van der Waals surface area contributed by atoms with E-state index in [1.54, 1.807) is 0 Å². The molecule has 2 aromatic carbocycles. The second kappa shape index (κ2) is 10.4. The van der Waals surface area contributed by atoms with Crippen LogP contribution in [0.4, 0.5) is 5.69 Å². The molecular formula is C23H24ClN3O2S. The van der Waals surface area contributed by atoms with Crippen LogP contribution in [0.2, 0.25) is 5.02 Å². The molecule has 156 valence electrons. The van der Waals surface area contributed by atoms with Crippen molar-refractivity contribution in [2.24, 2.45) is 5.92 Å². The molecule has 1 unspecified atom stereocenters. The van der Waals surface area contributed by atoms with Crippen molar-refractivity contribution in [3.05, 3.63) is 70.2 Å². The quantitative estimate of drug-likeness (QED) is 0.497. The molecule has 5 nitrogen and oxygen atoms in total. The van der Waals surface area contributed by atoms with Crippen LogP contribution in [-0.2, 0) is 22.6 Å². The van der Waals surface area contributed by atoms with Crippen LogP contribution >= 0.6 is 22.9 Å². The van der Waals surface area contributed by atoms with Crippen LogP contribution in [0.5, 0.6) is 0 Å². The number of carbonyl (C=O) groups excluding carboxylic acids is 2. The Morgan fingerprint density at radius 2 is 1.97 bits per heavy atom. The Morgan fingerprint density at radius 1 is 1.17 bits per heavy atom. The summed E-state index contributed by atoms with van der Waals surface area (Å²) in [7, 11) is 0. The van der Waals surface area contributed by atoms with Crippen molar-refractivity contribution in [1.82, 2.24) is 10.3 Å². The number of aromatic nitrogens is 1. The van der Waals surface area contributed by atoms with E-state index in [1.807, 2.05) is 67.8 Å². The Hall–Kier alpha value is -2.70. The standard InChI is InChI=1S/C23H24ClN3O2S/c1-3-15(2)22(29)26-17-8-6-7-16(11-17)13-25-21(28)12-18-14-30-23(27-18)19-9-4-5-10-20(19)24/h4-11,14-15H,3,12-13H2,1-2H3,(H,25,28)(H,26,29). The number of nitrogens with zero attached hydrogens (tertiary/aromatic N) is 1. The summed E-state index contributed by atoms with van der Waals surface area (Å²) in [6.07, 6.45) is 0.988. The van der Waals surface area contributed by atoms with E-state index in [0.717, 1.165) is 28.2 Å². The first-order valence-electron chi connectivity index (χ1n) is 9.82. The van der Waals surface area contributed by atoms with Gasteiger partial charge in [-0.2, -0.15) is 0 Å². The number of rotatable bonds is 8. The lowest BCUT2D eigenvalue weighted by Crippen LogP contribution is -2.25. The SMILES string of the molecule is CCC(C)C(=O)Nc1cccc(CNC(=O)Cc2csc(-c3ccccc3Cl)n2)c1. The summed E-state index contributed by atoms with van der Waals surface area (Å²) in [6, 6.07) is 15.0. The van der Waals surface area contributed by atoms with Gasteiger partial charge in [0, 0.05) is 29.1 Å². The lowest BCUT2D eigenvalue weighted by atomic mass is 10.1. The van der Waals surface area contributed by atoms with Gasteiger partial charge >= 0.3 is 0 Å². The lowest BCUT2D eigenvalue weighted by molar-refractivity contribution is -0.121. The van der Waals surface area contributed by atoms with E-state index < -0.39 is 0 Å². The van der Waals surface area contributed by atoms with Crippen LogP contribution < -0.4 is 10.6 Å². The van der Waals surface area contributed by atoms with Crippen molar-refractivity contribution in [2.45, 2.75) is 33.2 Å². The average molecular weight is 442 g/mol. The van der Waals surface area contributed by atoms with Gasteiger partial charge in [0.25, 0.3) is 0 Å². The first-order valence-corrected chi connectivity index (χ1v) is 11.1. The number of anilines is 1. The third-order valence-corrected chi connectivity index (χ3v) is 6.00. The highest BCUT2D eigenvalue weighted by atomic mass is 35.5. The minimum absolute atomic E-state index is 0.00320. The van der Waals surface area contributed by atoms with Crippen LogP contribution in [0.15, 0.2) is 53.9 Å². The number of thiazole rings is 1. The molecule has 2 N–H and O–H groups in total. The molecular weight excluding hydrogens is 418 g/mol. The van der Waals surface area contributed by atoms with Gasteiger partial charge in [-0.15, -0.1) is 11.3 Å². The van der Waals surface area contributed by atoms with Crippen molar-refractivity contribution >= 4 is 40.4 Å². The van der Waals surface area contributed by atoms with Gasteiger partial charge < -0.3 is 10.6 Å². The van der Waals surface area contributed by atoms with Crippen LogP contribution in [0.1, 0.15) is 31.5 Å². The minimum Gasteiger partial charge on any atom is -0.352 e. The molecule has 0 aliphatic heterocycles. The number of nitrogens with one attached hydrogen (secondary N) is 2. The molecule has 0 spiro atoms. The molecule has 7 heteroatoms. The van der Waals surface area contributed by atoms with Crippen LogP contribution in [-0.4, -0.2) is 16.8 Å². The van der Waals surface area contributed by atoms with E-state index >= 15 is 0 Å². The molecule has 0 bridgehead atoms. The van der Waals surface area contributed by atoms with E-state index in [9.17, 15) is 9.59 Å². The van der Waals surface area contributed by atoms with Crippen molar-refractivity contribution in [3.63, 3.8) is 0 Å². The number of benzene rings is 2. The largest absolute Gasteiger partial charge is 0.352 e. The number of halogens is 1. The molecule has 0 aliphatic carbocycles. The maximum absolute atomic E-state index is 12.3. The van der Waals surface area contributed by atoms with Crippen LogP contribution in [0.25, 0.3) is 10.6 Å². The molecule has 1 aromatic heterocycles. The smallest absolute Gasteiger partial charge is 0.227 e. The van der Waals surface area contributed by atoms with Gasteiger partial charge in [0.2, 0.25) is 11.8 Å². The number of amides is 2. The molecule has 0 saturated carbocycles. The third-order valence-electron chi connectivity index (χ3n) is 4.74. The average Bonchev–Trinajstić information content (AvgIpc) is 3.20. The fraction of sp³-hybridized carbons (Fsp3) is 0.261. The van der Waals surface area contributed by atoms with Gasteiger partial charge in [-0.25, -0.2) is 4.98 Å². The fourth-order valence-electron chi connectivity index (χ4n) is 2.78. The summed E-state index contributed by atoms with van der Waals surface area (Å²) >= 11 is 7.69. The van der Waals surface area contributed by atoms with Gasteiger partial charge in [-0.05, 0) is 30.2 Å². The van der Waals surface area contributed by atoms with Gasteiger partial charge in [0.1, 0.15) is 5.01 Å². The van der Waals surface area contributed by atoms with Gasteiger partial charge in [0.15, 0.2) is 0 Å². The maximum Gasteiger partial charge on any atom is 0.227 e. The second-order valence-corrected chi connectivity index (χ2v) is 8.34. The Labute approximate surface area is 185 Å². The van der Waals surface area contributed by atoms with E-state index in [-0.39, 0.29) is 24.2 Å². The summed E-state index contributed by atoms with van der Waals surface area (Å²) in [6.45, 7) is 4.26. The van der Waals surface area contributed by atoms with Crippen LogP contribution in [0, 0.1) is 5.92 Å². The van der Waals surface area contributed by atoms with E-state index in [4.69, 9.17) is 11.6 Å².